The molecule has 7 nitrogen and oxygen atoms in total. The highest BCUT2D eigenvalue weighted by molar-refractivity contribution is 7.90. The van der Waals surface area contributed by atoms with Crippen molar-refractivity contribution in [2.45, 2.75) is 24.3 Å². The molecule has 0 spiro atoms. The normalized spacial score (nSPS) is 12.0. The Labute approximate surface area is 192 Å². The zero-order valence-corrected chi connectivity index (χ0v) is 19.0. The van der Waals surface area contributed by atoms with E-state index in [1.807, 2.05) is 10.8 Å². The van der Waals surface area contributed by atoms with E-state index in [0.29, 0.717) is 11.3 Å². The Hall–Kier alpha value is -3.72. The molecule has 0 heterocycles. The van der Waals surface area contributed by atoms with Gasteiger partial charge in [0.15, 0.2) is 0 Å². The van der Waals surface area contributed by atoms with Crippen LogP contribution in [-0.2, 0) is 21.2 Å². The van der Waals surface area contributed by atoms with Gasteiger partial charge < -0.3 is 10.2 Å². The van der Waals surface area contributed by atoms with Crippen molar-refractivity contribution in [2.75, 3.05) is 11.9 Å². The maximum absolute atomic E-state index is 13.3. The van der Waals surface area contributed by atoms with E-state index >= 15 is 0 Å². The molecule has 0 bridgehead atoms. The Morgan fingerprint density at radius 2 is 1.55 bits per heavy atom. The summed E-state index contributed by atoms with van der Waals surface area (Å²) in [6.45, 7) is 1.62. The van der Waals surface area contributed by atoms with Gasteiger partial charge in [-0.3, -0.25) is 4.79 Å². The first kappa shape index (κ1) is 23.9. The number of hydrogen-bond acceptors (Lipinski definition) is 4. The molecule has 3 aromatic carbocycles. The molecule has 1 atom stereocenters. The third-order valence-electron chi connectivity index (χ3n) is 5.04. The molecule has 0 radical (unpaired) electrons. The lowest BCUT2D eigenvalue weighted by Gasteiger charge is -2.25. The van der Waals surface area contributed by atoms with Gasteiger partial charge in [-0.25, -0.2) is 22.3 Å². The van der Waals surface area contributed by atoms with Crippen LogP contribution in [0.25, 0.3) is 0 Å². The van der Waals surface area contributed by atoms with Gasteiger partial charge in [0.2, 0.25) is 5.91 Å². The summed E-state index contributed by atoms with van der Waals surface area (Å²) in [4.78, 5) is 27.1. The SMILES string of the molecule is Cc1ccccc1S(=O)(=O)NC(=O)NC(Cc1ccccc1)C(=O)N(C)c1ccc(F)cc1. The van der Waals surface area contributed by atoms with Crippen LogP contribution in [0.3, 0.4) is 0 Å². The number of halogens is 1. The standard InChI is InChI=1S/C24H24FN3O4S/c1-17-8-6-7-11-22(17)33(31,32)27-24(30)26-21(16-18-9-4-3-5-10-18)23(29)28(2)20-14-12-19(25)13-15-20/h3-15,21H,16H2,1-2H3,(H2,26,27,30). The first-order valence-electron chi connectivity index (χ1n) is 10.1. The van der Waals surface area contributed by atoms with Crippen molar-refractivity contribution in [1.82, 2.24) is 10.0 Å². The van der Waals surface area contributed by atoms with E-state index in [2.05, 4.69) is 5.32 Å². The average Bonchev–Trinajstić information content (AvgIpc) is 2.78. The molecule has 1 unspecified atom stereocenters. The van der Waals surface area contributed by atoms with Crippen LogP contribution in [0.4, 0.5) is 14.9 Å². The Morgan fingerprint density at radius 1 is 0.939 bits per heavy atom. The Bertz CT molecular complexity index is 1230. The van der Waals surface area contributed by atoms with Gasteiger partial charge in [0.25, 0.3) is 10.0 Å². The summed E-state index contributed by atoms with van der Waals surface area (Å²) in [6.07, 6.45) is 0.128. The maximum atomic E-state index is 13.3. The Balaban J connectivity index is 1.81. The van der Waals surface area contributed by atoms with Gasteiger partial charge in [-0.15, -0.1) is 0 Å². The van der Waals surface area contributed by atoms with Crippen LogP contribution in [0.1, 0.15) is 11.1 Å². The van der Waals surface area contributed by atoms with E-state index in [9.17, 15) is 22.4 Å². The van der Waals surface area contributed by atoms with E-state index < -0.39 is 33.8 Å². The molecular formula is C24H24FN3O4S. The minimum Gasteiger partial charge on any atom is -0.325 e. The number of anilines is 1. The Morgan fingerprint density at radius 3 is 2.18 bits per heavy atom. The summed E-state index contributed by atoms with van der Waals surface area (Å²) in [5.74, 6) is -0.937. The third-order valence-corrected chi connectivity index (χ3v) is 6.53. The predicted octanol–water partition coefficient (Wildman–Crippen LogP) is 3.40. The molecule has 9 heteroatoms. The number of sulfonamides is 1. The number of nitrogens with zero attached hydrogens (tertiary/aromatic N) is 1. The first-order valence-corrected chi connectivity index (χ1v) is 11.6. The predicted molar refractivity (Wildman–Crippen MR) is 124 cm³/mol. The average molecular weight is 470 g/mol. The summed E-state index contributed by atoms with van der Waals surface area (Å²) in [6, 6.07) is 18.5. The van der Waals surface area contributed by atoms with Gasteiger partial charge in [0.1, 0.15) is 11.9 Å². The maximum Gasteiger partial charge on any atom is 0.329 e. The molecule has 3 rings (SSSR count). The fourth-order valence-corrected chi connectivity index (χ4v) is 4.46. The third kappa shape index (κ3) is 6.17. The van der Waals surface area contributed by atoms with Crippen molar-refractivity contribution in [1.29, 1.82) is 0 Å². The summed E-state index contributed by atoms with van der Waals surface area (Å²) in [7, 11) is -2.64. The quantitative estimate of drug-likeness (QED) is 0.555. The van der Waals surface area contributed by atoms with Crippen molar-refractivity contribution < 1.29 is 22.4 Å². The van der Waals surface area contributed by atoms with E-state index in [4.69, 9.17) is 0 Å². The summed E-state index contributed by atoms with van der Waals surface area (Å²) < 4.78 is 40.6. The van der Waals surface area contributed by atoms with Crippen molar-refractivity contribution in [3.63, 3.8) is 0 Å². The number of amides is 3. The molecule has 33 heavy (non-hydrogen) atoms. The van der Waals surface area contributed by atoms with Gasteiger partial charge >= 0.3 is 6.03 Å². The lowest BCUT2D eigenvalue weighted by molar-refractivity contribution is -0.120. The molecule has 0 aliphatic heterocycles. The highest BCUT2D eigenvalue weighted by Gasteiger charge is 2.27. The zero-order chi connectivity index (χ0) is 24.0. The molecule has 0 aromatic heterocycles. The van der Waals surface area contributed by atoms with Crippen molar-refractivity contribution in [3.05, 3.63) is 95.8 Å². The van der Waals surface area contributed by atoms with E-state index in [-0.39, 0.29) is 11.3 Å². The van der Waals surface area contributed by atoms with Crippen LogP contribution in [0.5, 0.6) is 0 Å². The molecule has 0 fully saturated rings. The van der Waals surface area contributed by atoms with Crippen LogP contribution in [0, 0.1) is 12.7 Å². The van der Waals surface area contributed by atoms with Gasteiger partial charge in [0, 0.05) is 19.2 Å². The second-order valence-electron chi connectivity index (χ2n) is 7.46. The fraction of sp³-hybridized carbons (Fsp3) is 0.167. The van der Waals surface area contributed by atoms with Gasteiger partial charge in [-0.05, 0) is 48.4 Å². The lowest BCUT2D eigenvalue weighted by Crippen LogP contribution is -2.52. The molecule has 0 saturated carbocycles. The number of aryl methyl sites for hydroxylation is 1. The molecule has 3 amide bonds. The molecule has 0 aliphatic rings. The minimum absolute atomic E-state index is 0.0329. The monoisotopic (exact) mass is 469 g/mol. The van der Waals surface area contributed by atoms with Gasteiger partial charge in [-0.1, -0.05) is 48.5 Å². The molecule has 2 N–H and O–H groups in total. The topological polar surface area (TPSA) is 95.6 Å². The smallest absolute Gasteiger partial charge is 0.325 e. The van der Waals surface area contributed by atoms with E-state index in [1.165, 1.54) is 42.3 Å². The number of hydrogen-bond donors (Lipinski definition) is 2. The highest BCUT2D eigenvalue weighted by atomic mass is 32.2. The van der Waals surface area contributed by atoms with Crippen molar-refractivity contribution in [2.24, 2.45) is 0 Å². The zero-order valence-electron chi connectivity index (χ0n) is 18.2. The number of urea groups is 1. The van der Waals surface area contributed by atoms with Gasteiger partial charge in [0.05, 0.1) is 4.90 Å². The highest BCUT2D eigenvalue weighted by Crippen LogP contribution is 2.16. The van der Waals surface area contributed by atoms with Crippen molar-refractivity contribution >= 4 is 27.6 Å². The fourth-order valence-electron chi connectivity index (χ4n) is 3.30. The second kappa shape index (κ2) is 10.3. The molecule has 0 aliphatic carbocycles. The second-order valence-corrected chi connectivity index (χ2v) is 9.11. The number of benzene rings is 3. The minimum atomic E-state index is -4.14. The van der Waals surface area contributed by atoms with Crippen LogP contribution in [0.15, 0.2) is 83.8 Å². The van der Waals surface area contributed by atoms with Crippen LogP contribution in [-0.4, -0.2) is 33.4 Å². The number of likely N-dealkylation sites (N-methyl/N-ethyl adjacent to an activating group) is 1. The first-order chi connectivity index (χ1) is 15.7. The largest absolute Gasteiger partial charge is 0.329 e. The number of carbonyl (C=O) groups is 2. The molecule has 3 aromatic rings. The molecular weight excluding hydrogens is 445 g/mol. The molecule has 172 valence electrons. The number of nitrogens with one attached hydrogen (secondary N) is 2. The lowest BCUT2D eigenvalue weighted by atomic mass is 10.0. The number of rotatable bonds is 7. The summed E-state index contributed by atoms with van der Waals surface area (Å²) >= 11 is 0. The van der Waals surface area contributed by atoms with Crippen LogP contribution < -0.4 is 14.9 Å². The van der Waals surface area contributed by atoms with E-state index in [0.717, 1.165) is 5.56 Å². The van der Waals surface area contributed by atoms with Crippen molar-refractivity contribution in [3.8, 4) is 0 Å². The number of carbonyl (C=O) groups excluding carboxylic acids is 2. The Kier molecular flexibility index (Phi) is 7.44. The van der Waals surface area contributed by atoms with E-state index in [1.54, 1.807) is 49.4 Å². The van der Waals surface area contributed by atoms with Crippen LogP contribution >= 0.6 is 0 Å². The summed E-state index contributed by atoms with van der Waals surface area (Å²) in [5, 5.41) is 2.48. The van der Waals surface area contributed by atoms with Crippen LogP contribution in [0.2, 0.25) is 0 Å². The summed E-state index contributed by atoms with van der Waals surface area (Å²) in [5.41, 5.74) is 1.67. The van der Waals surface area contributed by atoms with Gasteiger partial charge in [-0.2, -0.15) is 0 Å². The molecule has 0 saturated heterocycles.